The second-order valence-corrected chi connectivity index (χ2v) is 4.49. The van der Waals surface area contributed by atoms with Crippen molar-refractivity contribution >= 4 is 5.97 Å². The minimum absolute atomic E-state index is 0.166. The Labute approximate surface area is 78.1 Å². The molecule has 3 heteroatoms. The highest BCUT2D eigenvalue weighted by Gasteiger charge is 2.54. The smallest absolute Gasteiger partial charge is 0.303 e. The van der Waals surface area contributed by atoms with Crippen molar-refractivity contribution < 1.29 is 14.6 Å². The first kappa shape index (κ1) is 9.00. The zero-order valence-electron chi connectivity index (χ0n) is 7.95. The van der Waals surface area contributed by atoms with Gasteiger partial charge < -0.3 is 9.84 Å². The molecule has 1 saturated carbocycles. The van der Waals surface area contributed by atoms with Crippen molar-refractivity contribution in [1.29, 1.82) is 0 Å². The Hall–Kier alpha value is -0.570. The van der Waals surface area contributed by atoms with Crippen LogP contribution < -0.4 is 0 Å². The van der Waals surface area contributed by atoms with E-state index in [4.69, 9.17) is 9.84 Å². The summed E-state index contributed by atoms with van der Waals surface area (Å²) in [5.41, 5.74) is 0.166. The third-order valence-corrected chi connectivity index (χ3v) is 3.40. The third kappa shape index (κ3) is 1.85. The fourth-order valence-electron chi connectivity index (χ4n) is 2.31. The van der Waals surface area contributed by atoms with Crippen LogP contribution in [-0.2, 0) is 9.53 Å². The molecule has 13 heavy (non-hydrogen) atoms. The number of epoxide rings is 1. The molecule has 0 aromatic heterocycles. The Morgan fingerprint density at radius 2 is 2.46 bits per heavy atom. The summed E-state index contributed by atoms with van der Waals surface area (Å²) in [7, 11) is 0. The van der Waals surface area contributed by atoms with E-state index in [1.165, 1.54) is 0 Å². The van der Waals surface area contributed by atoms with Crippen LogP contribution in [0.3, 0.4) is 0 Å². The zero-order chi connectivity index (χ0) is 9.47. The number of hydrogen-bond acceptors (Lipinski definition) is 2. The summed E-state index contributed by atoms with van der Waals surface area (Å²) in [6.45, 7) is 2.16. The first-order valence-corrected chi connectivity index (χ1v) is 5.00. The lowest BCUT2D eigenvalue weighted by molar-refractivity contribution is -0.137. The normalized spacial score (nSPS) is 42.5. The van der Waals surface area contributed by atoms with E-state index in [-0.39, 0.29) is 5.60 Å². The molecule has 2 rings (SSSR count). The first-order chi connectivity index (χ1) is 6.10. The summed E-state index contributed by atoms with van der Waals surface area (Å²) in [6, 6.07) is 0. The van der Waals surface area contributed by atoms with Crippen LogP contribution in [0.4, 0.5) is 0 Å². The Kier molecular flexibility index (Phi) is 2.06. The molecule has 74 valence electrons. The molecular weight excluding hydrogens is 168 g/mol. The van der Waals surface area contributed by atoms with E-state index >= 15 is 0 Å². The Morgan fingerprint density at radius 1 is 1.69 bits per heavy atom. The molecule has 0 spiro atoms. The SMILES string of the molecule is CC12CCC(CCC(=O)O)CC1O2. The molecule has 0 radical (unpaired) electrons. The lowest BCUT2D eigenvalue weighted by Crippen LogP contribution is -2.21. The molecule has 1 N–H and O–H groups in total. The van der Waals surface area contributed by atoms with Crippen LogP contribution in [0.2, 0.25) is 0 Å². The molecule has 1 heterocycles. The quantitative estimate of drug-likeness (QED) is 0.680. The maximum absolute atomic E-state index is 10.4. The van der Waals surface area contributed by atoms with Gasteiger partial charge in [-0.1, -0.05) is 0 Å². The summed E-state index contributed by atoms with van der Waals surface area (Å²) in [4.78, 5) is 10.4. The van der Waals surface area contributed by atoms with Crippen molar-refractivity contribution in [2.45, 2.75) is 50.7 Å². The number of fused-ring (bicyclic) bond motifs is 1. The molecule has 3 atom stereocenters. The number of carboxylic acid groups (broad SMARTS) is 1. The van der Waals surface area contributed by atoms with Crippen LogP contribution in [0.15, 0.2) is 0 Å². The Balaban J connectivity index is 1.75. The van der Waals surface area contributed by atoms with E-state index in [0.29, 0.717) is 18.4 Å². The molecular formula is C10H16O3. The van der Waals surface area contributed by atoms with E-state index < -0.39 is 5.97 Å². The molecule has 0 amide bonds. The molecule has 1 saturated heterocycles. The van der Waals surface area contributed by atoms with Gasteiger partial charge in [-0.05, 0) is 38.5 Å². The average molecular weight is 184 g/mol. The monoisotopic (exact) mass is 184 g/mol. The fraction of sp³-hybridized carbons (Fsp3) is 0.900. The third-order valence-electron chi connectivity index (χ3n) is 3.40. The maximum atomic E-state index is 10.4. The van der Waals surface area contributed by atoms with Gasteiger partial charge in [-0.2, -0.15) is 0 Å². The molecule has 2 aliphatic rings. The van der Waals surface area contributed by atoms with Crippen molar-refractivity contribution in [2.24, 2.45) is 5.92 Å². The molecule has 1 aliphatic carbocycles. The van der Waals surface area contributed by atoms with Crippen molar-refractivity contribution in [3.63, 3.8) is 0 Å². The van der Waals surface area contributed by atoms with Gasteiger partial charge in [0, 0.05) is 6.42 Å². The number of hydrogen-bond donors (Lipinski definition) is 1. The Bertz CT molecular complexity index is 226. The predicted octanol–water partition coefficient (Wildman–Crippen LogP) is 1.81. The molecule has 2 fully saturated rings. The number of aliphatic carboxylic acids is 1. The van der Waals surface area contributed by atoms with Crippen LogP contribution in [0.1, 0.15) is 39.0 Å². The summed E-state index contributed by atoms with van der Waals surface area (Å²) >= 11 is 0. The van der Waals surface area contributed by atoms with Crippen LogP contribution in [0.5, 0.6) is 0 Å². The standard InChI is InChI=1S/C10H16O3/c1-10-5-4-7(2-3-9(11)12)6-8(10)13-10/h7-8H,2-6H2,1H3,(H,11,12). The van der Waals surface area contributed by atoms with Crippen molar-refractivity contribution in [2.75, 3.05) is 0 Å². The van der Waals surface area contributed by atoms with Crippen LogP contribution in [0, 0.1) is 5.92 Å². The second kappa shape index (κ2) is 2.98. The van der Waals surface area contributed by atoms with Gasteiger partial charge in [0.15, 0.2) is 0 Å². The van der Waals surface area contributed by atoms with Gasteiger partial charge in [0.25, 0.3) is 0 Å². The maximum Gasteiger partial charge on any atom is 0.303 e. The largest absolute Gasteiger partial charge is 0.481 e. The first-order valence-electron chi connectivity index (χ1n) is 5.00. The minimum atomic E-state index is -0.676. The van der Waals surface area contributed by atoms with E-state index in [0.717, 1.165) is 25.7 Å². The molecule has 3 unspecified atom stereocenters. The molecule has 0 aromatic carbocycles. The van der Waals surface area contributed by atoms with Gasteiger partial charge in [-0.3, -0.25) is 4.79 Å². The predicted molar refractivity (Wildman–Crippen MR) is 47.5 cm³/mol. The lowest BCUT2D eigenvalue weighted by Gasteiger charge is -2.21. The van der Waals surface area contributed by atoms with Gasteiger partial charge in [0.05, 0.1) is 11.7 Å². The number of carboxylic acids is 1. The highest BCUT2D eigenvalue weighted by Crippen LogP contribution is 2.49. The Morgan fingerprint density at radius 3 is 3.08 bits per heavy atom. The summed E-state index contributed by atoms with van der Waals surface area (Å²) in [5.74, 6) is -0.0956. The number of ether oxygens (including phenoxy) is 1. The highest BCUT2D eigenvalue weighted by atomic mass is 16.6. The summed E-state index contributed by atoms with van der Waals surface area (Å²) in [5, 5.41) is 8.54. The van der Waals surface area contributed by atoms with Crippen LogP contribution in [-0.4, -0.2) is 22.8 Å². The summed E-state index contributed by atoms with van der Waals surface area (Å²) in [6.07, 6.45) is 4.89. The van der Waals surface area contributed by atoms with Gasteiger partial charge >= 0.3 is 5.97 Å². The topological polar surface area (TPSA) is 49.8 Å². The molecule has 1 aliphatic heterocycles. The van der Waals surface area contributed by atoms with E-state index in [9.17, 15) is 4.79 Å². The minimum Gasteiger partial charge on any atom is -0.481 e. The zero-order valence-corrected chi connectivity index (χ0v) is 7.95. The van der Waals surface area contributed by atoms with Gasteiger partial charge in [-0.15, -0.1) is 0 Å². The van der Waals surface area contributed by atoms with E-state index in [1.54, 1.807) is 0 Å². The van der Waals surface area contributed by atoms with E-state index in [2.05, 4.69) is 6.92 Å². The van der Waals surface area contributed by atoms with Crippen molar-refractivity contribution in [1.82, 2.24) is 0 Å². The highest BCUT2D eigenvalue weighted by molar-refractivity contribution is 5.66. The van der Waals surface area contributed by atoms with E-state index in [1.807, 2.05) is 0 Å². The van der Waals surface area contributed by atoms with Crippen molar-refractivity contribution in [3.8, 4) is 0 Å². The lowest BCUT2D eigenvalue weighted by atomic mass is 9.81. The van der Waals surface area contributed by atoms with Crippen LogP contribution >= 0.6 is 0 Å². The molecule has 0 aromatic rings. The van der Waals surface area contributed by atoms with Crippen LogP contribution in [0.25, 0.3) is 0 Å². The average Bonchev–Trinajstić information content (AvgIpc) is 2.72. The number of rotatable bonds is 3. The van der Waals surface area contributed by atoms with Gasteiger partial charge in [-0.25, -0.2) is 0 Å². The summed E-state index contributed by atoms with van der Waals surface area (Å²) < 4.78 is 5.55. The molecule has 3 nitrogen and oxygen atoms in total. The molecule has 0 bridgehead atoms. The van der Waals surface area contributed by atoms with Crippen molar-refractivity contribution in [3.05, 3.63) is 0 Å². The second-order valence-electron chi connectivity index (χ2n) is 4.49. The van der Waals surface area contributed by atoms with Gasteiger partial charge in [0.1, 0.15) is 0 Å². The van der Waals surface area contributed by atoms with Gasteiger partial charge in [0.2, 0.25) is 0 Å². The number of carbonyl (C=O) groups is 1. The fourth-order valence-corrected chi connectivity index (χ4v) is 2.31.